The molecule has 1 amide bonds. The Bertz CT molecular complexity index is 924. The summed E-state index contributed by atoms with van der Waals surface area (Å²) in [6, 6.07) is 7.30. The third-order valence-electron chi connectivity index (χ3n) is 6.78. The molecular formula is C23H32N4O2. The van der Waals surface area contributed by atoms with Crippen molar-refractivity contribution in [1.29, 1.82) is 0 Å². The molecule has 1 aliphatic carbocycles. The Morgan fingerprint density at radius 3 is 2.52 bits per heavy atom. The Hall–Kier alpha value is -2.21. The van der Waals surface area contributed by atoms with Gasteiger partial charge < -0.3 is 5.32 Å². The number of hydrogen-bond acceptors (Lipinski definition) is 4. The van der Waals surface area contributed by atoms with Crippen molar-refractivity contribution in [2.75, 3.05) is 19.6 Å². The predicted molar refractivity (Wildman–Crippen MR) is 115 cm³/mol. The van der Waals surface area contributed by atoms with Gasteiger partial charge >= 0.3 is 0 Å². The van der Waals surface area contributed by atoms with Crippen LogP contribution in [0.2, 0.25) is 0 Å². The van der Waals surface area contributed by atoms with Gasteiger partial charge in [0.25, 0.3) is 5.56 Å². The average Bonchev–Trinajstić information content (AvgIpc) is 2.76. The summed E-state index contributed by atoms with van der Waals surface area (Å²) in [7, 11) is 0. The average molecular weight is 397 g/mol. The lowest BCUT2D eigenvalue weighted by atomic mass is 9.79. The number of carbonyl (C=O) groups is 1. The number of para-hydroxylation sites is 1. The van der Waals surface area contributed by atoms with Crippen LogP contribution >= 0.6 is 0 Å². The smallest absolute Gasteiger partial charge is 0.261 e. The maximum absolute atomic E-state index is 12.8. The van der Waals surface area contributed by atoms with Crippen LogP contribution in [-0.4, -0.2) is 45.5 Å². The standard InChI is InChI=1S/C23H32N4O2/c1-18-25-20-11-5-4-10-19(20)22(29)27(18)16-21(28)24-17-23(12-6-2-7-13-23)26-14-8-3-9-15-26/h4-5,10-11H,2-3,6-9,12-17H2,1H3,(H,24,28). The highest BCUT2D eigenvalue weighted by Gasteiger charge is 2.38. The summed E-state index contributed by atoms with van der Waals surface area (Å²) >= 11 is 0. The first-order valence-corrected chi connectivity index (χ1v) is 11.1. The van der Waals surface area contributed by atoms with E-state index in [2.05, 4.69) is 15.2 Å². The Balaban J connectivity index is 1.48. The van der Waals surface area contributed by atoms with Crippen molar-refractivity contribution in [3.63, 3.8) is 0 Å². The van der Waals surface area contributed by atoms with E-state index >= 15 is 0 Å². The largest absolute Gasteiger partial charge is 0.353 e. The fourth-order valence-electron chi connectivity index (χ4n) is 5.11. The molecule has 2 aliphatic rings. The monoisotopic (exact) mass is 396 g/mol. The van der Waals surface area contributed by atoms with Gasteiger partial charge in [-0.1, -0.05) is 37.8 Å². The van der Waals surface area contributed by atoms with Gasteiger partial charge in [-0.15, -0.1) is 0 Å². The van der Waals surface area contributed by atoms with Gasteiger partial charge in [-0.3, -0.25) is 19.1 Å². The normalized spacial score (nSPS) is 19.9. The topological polar surface area (TPSA) is 67.2 Å². The zero-order valence-corrected chi connectivity index (χ0v) is 17.5. The van der Waals surface area contributed by atoms with E-state index in [1.165, 1.54) is 43.1 Å². The Kier molecular flexibility index (Phi) is 5.99. The number of fused-ring (bicyclic) bond motifs is 1. The van der Waals surface area contributed by atoms with E-state index in [-0.39, 0.29) is 23.6 Å². The van der Waals surface area contributed by atoms with Gasteiger partial charge in [-0.2, -0.15) is 0 Å². The number of hydrogen-bond donors (Lipinski definition) is 1. The molecule has 156 valence electrons. The van der Waals surface area contributed by atoms with Crippen molar-refractivity contribution in [2.45, 2.75) is 70.4 Å². The molecule has 1 aromatic carbocycles. The minimum absolute atomic E-state index is 0.0264. The molecule has 1 saturated heterocycles. The number of aryl methyl sites for hydroxylation is 1. The molecule has 0 bridgehead atoms. The van der Waals surface area contributed by atoms with Gasteiger partial charge in [0.1, 0.15) is 12.4 Å². The Morgan fingerprint density at radius 1 is 1.07 bits per heavy atom. The SMILES string of the molecule is Cc1nc2ccccc2c(=O)n1CC(=O)NCC1(N2CCCCC2)CCCCC1. The van der Waals surface area contributed by atoms with Gasteiger partial charge in [0.2, 0.25) is 5.91 Å². The molecule has 2 fully saturated rings. The van der Waals surface area contributed by atoms with Crippen LogP contribution in [0.1, 0.15) is 57.2 Å². The first-order chi connectivity index (χ1) is 14.1. The number of rotatable bonds is 5. The van der Waals surface area contributed by atoms with Crippen molar-refractivity contribution in [2.24, 2.45) is 0 Å². The van der Waals surface area contributed by atoms with E-state index < -0.39 is 0 Å². The molecule has 6 heteroatoms. The van der Waals surface area contributed by atoms with Gasteiger partial charge in [0.15, 0.2) is 0 Å². The first-order valence-electron chi connectivity index (χ1n) is 11.1. The van der Waals surface area contributed by atoms with Crippen LogP contribution in [0.15, 0.2) is 29.1 Å². The van der Waals surface area contributed by atoms with Crippen molar-refractivity contribution >= 4 is 16.8 Å². The molecule has 1 N–H and O–H groups in total. The van der Waals surface area contributed by atoms with Crippen LogP contribution in [-0.2, 0) is 11.3 Å². The van der Waals surface area contributed by atoms with Crippen LogP contribution in [0, 0.1) is 6.92 Å². The summed E-state index contributed by atoms with van der Waals surface area (Å²) in [4.78, 5) is 32.8. The molecule has 4 rings (SSSR count). The van der Waals surface area contributed by atoms with Gasteiger partial charge in [0.05, 0.1) is 10.9 Å². The lowest BCUT2D eigenvalue weighted by Gasteiger charge is -2.48. The lowest BCUT2D eigenvalue weighted by Crippen LogP contribution is -2.58. The summed E-state index contributed by atoms with van der Waals surface area (Å²) in [5.74, 6) is 0.474. The summed E-state index contributed by atoms with van der Waals surface area (Å²) in [5.41, 5.74) is 0.625. The van der Waals surface area contributed by atoms with Gasteiger partial charge in [-0.05, 0) is 57.8 Å². The minimum Gasteiger partial charge on any atom is -0.353 e. The van der Waals surface area contributed by atoms with Crippen LogP contribution in [0.25, 0.3) is 10.9 Å². The summed E-state index contributed by atoms with van der Waals surface area (Å²) in [6.45, 7) is 4.78. The van der Waals surface area contributed by atoms with Crippen LogP contribution in [0.4, 0.5) is 0 Å². The highest BCUT2D eigenvalue weighted by Crippen LogP contribution is 2.35. The molecule has 0 radical (unpaired) electrons. The van der Waals surface area contributed by atoms with Crippen LogP contribution in [0.3, 0.4) is 0 Å². The van der Waals surface area contributed by atoms with E-state index in [0.29, 0.717) is 23.3 Å². The number of amides is 1. The summed E-state index contributed by atoms with van der Waals surface area (Å²) < 4.78 is 1.49. The van der Waals surface area contributed by atoms with E-state index in [9.17, 15) is 9.59 Å². The van der Waals surface area contributed by atoms with Crippen LogP contribution < -0.4 is 10.9 Å². The first kappa shape index (κ1) is 20.1. The number of piperidine rings is 1. The molecule has 0 spiro atoms. The summed E-state index contributed by atoms with van der Waals surface area (Å²) in [6.07, 6.45) is 9.91. The highest BCUT2D eigenvalue weighted by molar-refractivity contribution is 5.79. The van der Waals surface area contributed by atoms with E-state index in [1.807, 2.05) is 18.2 Å². The maximum Gasteiger partial charge on any atom is 0.261 e. The van der Waals surface area contributed by atoms with E-state index in [4.69, 9.17) is 0 Å². The van der Waals surface area contributed by atoms with E-state index in [1.54, 1.807) is 13.0 Å². The minimum atomic E-state index is -0.147. The second-order valence-corrected chi connectivity index (χ2v) is 8.68. The zero-order chi connectivity index (χ0) is 20.3. The third-order valence-corrected chi connectivity index (χ3v) is 6.78. The number of likely N-dealkylation sites (tertiary alicyclic amines) is 1. The predicted octanol–water partition coefficient (Wildman–Crippen LogP) is 3.01. The van der Waals surface area contributed by atoms with Crippen molar-refractivity contribution < 1.29 is 4.79 Å². The number of nitrogens with one attached hydrogen (secondary N) is 1. The number of benzene rings is 1. The quantitative estimate of drug-likeness (QED) is 0.844. The molecule has 6 nitrogen and oxygen atoms in total. The molecule has 2 heterocycles. The molecule has 29 heavy (non-hydrogen) atoms. The molecule has 1 saturated carbocycles. The fourth-order valence-corrected chi connectivity index (χ4v) is 5.11. The van der Waals surface area contributed by atoms with Crippen molar-refractivity contribution in [1.82, 2.24) is 19.8 Å². The third kappa shape index (κ3) is 4.22. The highest BCUT2D eigenvalue weighted by atomic mass is 16.2. The van der Waals surface area contributed by atoms with Crippen molar-refractivity contribution in [3.05, 3.63) is 40.4 Å². The lowest BCUT2D eigenvalue weighted by molar-refractivity contribution is -0.122. The second-order valence-electron chi connectivity index (χ2n) is 8.68. The Morgan fingerprint density at radius 2 is 1.76 bits per heavy atom. The molecule has 0 atom stereocenters. The molecule has 1 aliphatic heterocycles. The van der Waals surface area contributed by atoms with Gasteiger partial charge in [0, 0.05) is 12.1 Å². The zero-order valence-electron chi connectivity index (χ0n) is 17.5. The molecule has 0 unspecified atom stereocenters. The van der Waals surface area contributed by atoms with Gasteiger partial charge in [-0.25, -0.2) is 4.98 Å². The van der Waals surface area contributed by atoms with E-state index in [0.717, 1.165) is 25.9 Å². The molecule has 2 aromatic rings. The number of aromatic nitrogens is 2. The second kappa shape index (κ2) is 8.66. The number of carbonyl (C=O) groups excluding carboxylic acids is 1. The fraction of sp³-hybridized carbons (Fsp3) is 0.609. The maximum atomic E-state index is 12.8. The molecule has 1 aromatic heterocycles. The molecular weight excluding hydrogens is 364 g/mol. The van der Waals surface area contributed by atoms with Crippen LogP contribution in [0.5, 0.6) is 0 Å². The number of nitrogens with zero attached hydrogens (tertiary/aromatic N) is 3. The Labute approximate surface area is 172 Å². The van der Waals surface area contributed by atoms with Crippen molar-refractivity contribution in [3.8, 4) is 0 Å². The summed E-state index contributed by atoms with van der Waals surface area (Å²) in [5, 5.41) is 3.73.